The van der Waals surface area contributed by atoms with Crippen molar-refractivity contribution >= 4 is 17.7 Å². The van der Waals surface area contributed by atoms with E-state index in [2.05, 4.69) is 10.1 Å². The summed E-state index contributed by atoms with van der Waals surface area (Å²) in [6.07, 6.45) is 2.92. The normalized spacial score (nSPS) is 12.7. The number of rotatable bonds is 5. The third kappa shape index (κ3) is 2.73. The molecule has 1 N–H and O–H groups in total. The minimum Gasteiger partial charge on any atom is -0.480 e. The second-order valence-electron chi connectivity index (χ2n) is 2.90. The Labute approximate surface area is 86.5 Å². The number of carboxylic acids is 1. The molecule has 0 amide bonds. The number of carbonyl (C=O) groups is 1. The van der Waals surface area contributed by atoms with Crippen LogP contribution in [0.2, 0.25) is 0 Å². The van der Waals surface area contributed by atoms with Gasteiger partial charge >= 0.3 is 5.97 Å². The molecular formula is C8H13N3O2S. The van der Waals surface area contributed by atoms with Crippen molar-refractivity contribution < 1.29 is 9.90 Å². The molecular weight excluding hydrogens is 202 g/mol. The summed E-state index contributed by atoms with van der Waals surface area (Å²) in [5, 5.41) is 13.0. The van der Waals surface area contributed by atoms with Crippen molar-refractivity contribution in [2.24, 2.45) is 7.05 Å². The second-order valence-corrected chi connectivity index (χ2v) is 4.07. The lowest BCUT2D eigenvalue weighted by atomic mass is 10.2. The highest BCUT2D eigenvalue weighted by Gasteiger charge is 2.19. The van der Waals surface area contributed by atoms with Gasteiger partial charge in [0.05, 0.1) is 0 Å². The van der Waals surface area contributed by atoms with Gasteiger partial charge in [-0.25, -0.2) is 9.67 Å². The van der Waals surface area contributed by atoms with Gasteiger partial charge in [0, 0.05) is 7.05 Å². The maximum absolute atomic E-state index is 10.8. The Balaban J connectivity index is 2.64. The van der Waals surface area contributed by atoms with Crippen LogP contribution in [0, 0.1) is 0 Å². The molecule has 0 saturated heterocycles. The third-order valence-electron chi connectivity index (χ3n) is 1.74. The molecule has 6 heteroatoms. The van der Waals surface area contributed by atoms with E-state index in [0.29, 0.717) is 11.6 Å². The van der Waals surface area contributed by atoms with E-state index >= 15 is 0 Å². The van der Waals surface area contributed by atoms with Crippen LogP contribution >= 0.6 is 11.8 Å². The summed E-state index contributed by atoms with van der Waals surface area (Å²) in [5.41, 5.74) is 0. The van der Waals surface area contributed by atoms with E-state index in [9.17, 15) is 4.79 Å². The Bertz CT molecular complexity index is 313. The zero-order valence-electron chi connectivity index (χ0n) is 8.17. The number of thioether (sulfide) groups is 1. The van der Waals surface area contributed by atoms with E-state index in [-0.39, 0.29) is 0 Å². The summed E-state index contributed by atoms with van der Waals surface area (Å²) in [7, 11) is 1.75. The maximum Gasteiger partial charge on any atom is 0.317 e. The number of hydrogen-bond acceptors (Lipinski definition) is 4. The SMILES string of the molecule is CCCC(Sc1ncnn1C)C(=O)O. The Morgan fingerprint density at radius 3 is 2.93 bits per heavy atom. The molecule has 78 valence electrons. The molecule has 5 nitrogen and oxygen atoms in total. The van der Waals surface area contributed by atoms with Crippen molar-refractivity contribution in [2.75, 3.05) is 0 Å². The van der Waals surface area contributed by atoms with E-state index in [1.165, 1.54) is 18.1 Å². The van der Waals surface area contributed by atoms with Gasteiger partial charge < -0.3 is 5.11 Å². The standard InChI is InChI=1S/C8H13N3O2S/c1-3-4-6(7(12)13)14-8-9-5-10-11(8)2/h5-6H,3-4H2,1-2H3,(H,12,13). The fourth-order valence-corrected chi connectivity index (χ4v) is 2.03. The van der Waals surface area contributed by atoms with Gasteiger partial charge in [-0.1, -0.05) is 25.1 Å². The molecule has 0 aliphatic rings. The number of hydrogen-bond donors (Lipinski definition) is 1. The Morgan fingerprint density at radius 1 is 1.79 bits per heavy atom. The van der Waals surface area contributed by atoms with Gasteiger partial charge in [0.1, 0.15) is 11.6 Å². The topological polar surface area (TPSA) is 68.0 Å². The molecule has 1 atom stereocenters. The minimum atomic E-state index is -0.792. The fourth-order valence-electron chi connectivity index (χ4n) is 1.01. The average Bonchev–Trinajstić information content (AvgIpc) is 2.51. The summed E-state index contributed by atoms with van der Waals surface area (Å²) in [6.45, 7) is 1.97. The predicted molar refractivity (Wildman–Crippen MR) is 53.2 cm³/mol. The van der Waals surface area contributed by atoms with Gasteiger partial charge in [-0.3, -0.25) is 4.79 Å². The first-order chi connectivity index (χ1) is 6.65. The molecule has 1 unspecified atom stereocenters. The quantitative estimate of drug-likeness (QED) is 0.746. The molecule has 0 aliphatic heterocycles. The van der Waals surface area contributed by atoms with Crippen LogP contribution < -0.4 is 0 Å². The van der Waals surface area contributed by atoms with Gasteiger partial charge in [-0.2, -0.15) is 5.10 Å². The zero-order chi connectivity index (χ0) is 10.6. The number of carboxylic acid groups (broad SMARTS) is 1. The zero-order valence-corrected chi connectivity index (χ0v) is 8.99. The van der Waals surface area contributed by atoms with Crippen molar-refractivity contribution in [3.63, 3.8) is 0 Å². The molecule has 0 spiro atoms. The van der Waals surface area contributed by atoms with E-state index in [1.807, 2.05) is 6.92 Å². The minimum absolute atomic E-state index is 0.428. The van der Waals surface area contributed by atoms with Crippen LogP contribution in [0.25, 0.3) is 0 Å². The molecule has 0 aromatic carbocycles. The summed E-state index contributed by atoms with van der Waals surface area (Å²) >= 11 is 1.24. The second kappa shape index (κ2) is 4.99. The fraction of sp³-hybridized carbons (Fsp3) is 0.625. The molecule has 1 rings (SSSR count). The van der Waals surface area contributed by atoms with Crippen LogP contribution in [0.4, 0.5) is 0 Å². The van der Waals surface area contributed by atoms with Crippen LogP contribution in [-0.2, 0) is 11.8 Å². The Hall–Kier alpha value is -1.04. The largest absolute Gasteiger partial charge is 0.480 e. The molecule has 0 fully saturated rings. The first kappa shape index (κ1) is 11.0. The van der Waals surface area contributed by atoms with Crippen molar-refractivity contribution in [3.05, 3.63) is 6.33 Å². The van der Waals surface area contributed by atoms with Crippen LogP contribution in [0.3, 0.4) is 0 Å². The summed E-state index contributed by atoms with van der Waals surface area (Å²) in [5.74, 6) is -0.792. The molecule has 0 bridgehead atoms. The lowest BCUT2D eigenvalue weighted by Gasteiger charge is -2.08. The number of nitrogens with zero attached hydrogens (tertiary/aromatic N) is 3. The number of aryl methyl sites for hydroxylation is 1. The summed E-state index contributed by atoms with van der Waals surface area (Å²) in [4.78, 5) is 14.8. The molecule has 0 saturated carbocycles. The van der Waals surface area contributed by atoms with Crippen molar-refractivity contribution in [1.82, 2.24) is 14.8 Å². The highest BCUT2D eigenvalue weighted by atomic mass is 32.2. The molecule has 1 aromatic heterocycles. The van der Waals surface area contributed by atoms with E-state index in [4.69, 9.17) is 5.11 Å². The number of aromatic nitrogens is 3. The Kier molecular flexibility index (Phi) is 3.94. The van der Waals surface area contributed by atoms with Gasteiger partial charge in [-0.15, -0.1) is 0 Å². The van der Waals surface area contributed by atoms with E-state index < -0.39 is 11.2 Å². The van der Waals surface area contributed by atoms with Crippen molar-refractivity contribution in [2.45, 2.75) is 30.2 Å². The van der Waals surface area contributed by atoms with Crippen LogP contribution in [-0.4, -0.2) is 31.1 Å². The summed E-state index contributed by atoms with van der Waals surface area (Å²) < 4.78 is 1.58. The van der Waals surface area contributed by atoms with Gasteiger partial charge in [0.15, 0.2) is 5.16 Å². The Morgan fingerprint density at radius 2 is 2.50 bits per heavy atom. The predicted octanol–water partition coefficient (Wildman–Crippen LogP) is 1.16. The first-order valence-corrected chi connectivity index (χ1v) is 5.26. The van der Waals surface area contributed by atoms with E-state index in [1.54, 1.807) is 11.7 Å². The smallest absolute Gasteiger partial charge is 0.317 e. The van der Waals surface area contributed by atoms with Gasteiger partial charge in [0.2, 0.25) is 0 Å². The summed E-state index contributed by atoms with van der Waals surface area (Å²) in [6, 6.07) is 0. The number of aliphatic carboxylic acids is 1. The maximum atomic E-state index is 10.8. The van der Waals surface area contributed by atoms with Crippen molar-refractivity contribution in [1.29, 1.82) is 0 Å². The first-order valence-electron chi connectivity index (χ1n) is 4.38. The van der Waals surface area contributed by atoms with Gasteiger partial charge in [0.25, 0.3) is 0 Å². The third-order valence-corrected chi connectivity index (χ3v) is 3.05. The highest BCUT2D eigenvalue weighted by molar-refractivity contribution is 8.00. The van der Waals surface area contributed by atoms with Crippen LogP contribution in [0.1, 0.15) is 19.8 Å². The molecule has 1 heterocycles. The van der Waals surface area contributed by atoms with Crippen LogP contribution in [0.15, 0.2) is 11.5 Å². The molecule has 0 aliphatic carbocycles. The van der Waals surface area contributed by atoms with E-state index in [0.717, 1.165) is 6.42 Å². The lowest BCUT2D eigenvalue weighted by molar-refractivity contribution is -0.136. The highest BCUT2D eigenvalue weighted by Crippen LogP contribution is 2.23. The molecule has 0 radical (unpaired) electrons. The molecule has 14 heavy (non-hydrogen) atoms. The van der Waals surface area contributed by atoms with Crippen molar-refractivity contribution in [3.8, 4) is 0 Å². The lowest BCUT2D eigenvalue weighted by Crippen LogP contribution is -2.16. The average molecular weight is 215 g/mol. The molecule has 1 aromatic rings. The van der Waals surface area contributed by atoms with Crippen LogP contribution in [0.5, 0.6) is 0 Å². The van der Waals surface area contributed by atoms with Gasteiger partial charge in [-0.05, 0) is 6.42 Å². The monoisotopic (exact) mass is 215 g/mol.